The Morgan fingerprint density at radius 1 is 1.03 bits per heavy atom. The smallest absolute Gasteiger partial charge is 0.321 e. The fourth-order valence-corrected chi connectivity index (χ4v) is 4.45. The summed E-state index contributed by atoms with van der Waals surface area (Å²) in [5.74, 6) is -0.188. The lowest BCUT2D eigenvalue weighted by Crippen LogP contribution is -2.41. The number of aryl methyl sites for hydroxylation is 2. The van der Waals surface area contributed by atoms with E-state index >= 15 is 0 Å². The number of carbonyl (C=O) groups is 2. The molecule has 1 atom stereocenters. The van der Waals surface area contributed by atoms with Crippen LogP contribution in [-0.2, 0) is 0 Å². The zero-order valence-electron chi connectivity index (χ0n) is 17.6. The molecule has 1 aromatic heterocycles. The lowest BCUT2D eigenvalue weighted by atomic mass is 9.99. The van der Waals surface area contributed by atoms with Crippen LogP contribution in [0, 0.1) is 13.8 Å². The first-order chi connectivity index (χ1) is 15.0. The minimum atomic E-state index is -0.266. The van der Waals surface area contributed by atoms with Crippen molar-refractivity contribution in [1.29, 1.82) is 0 Å². The molecule has 1 aliphatic heterocycles. The van der Waals surface area contributed by atoms with E-state index in [2.05, 4.69) is 20.8 Å². The van der Waals surface area contributed by atoms with E-state index in [0.29, 0.717) is 18.1 Å². The molecule has 1 saturated heterocycles. The van der Waals surface area contributed by atoms with Gasteiger partial charge in [-0.25, -0.2) is 4.79 Å². The highest BCUT2D eigenvalue weighted by atomic mass is 32.1. The molecule has 2 aromatic carbocycles. The zero-order chi connectivity index (χ0) is 21.8. The number of hydrogen-bond donors (Lipinski definition) is 2. The molecule has 31 heavy (non-hydrogen) atoms. The van der Waals surface area contributed by atoms with Gasteiger partial charge >= 0.3 is 6.03 Å². The quantitative estimate of drug-likeness (QED) is 0.615. The molecule has 2 heterocycles. The molecule has 1 aliphatic rings. The van der Waals surface area contributed by atoms with Gasteiger partial charge in [-0.3, -0.25) is 4.79 Å². The first-order valence-corrected chi connectivity index (χ1v) is 11.1. The first-order valence-electron chi connectivity index (χ1n) is 10.3. The Balaban J connectivity index is 1.39. The zero-order valence-corrected chi connectivity index (χ0v) is 18.4. The molecule has 8 heteroatoms. The van der Waals surface area contributed by atoms with Crippen LogP contribution >= 0.6 is 11.3 Å². The van der Waals surface area contributed by atoms with Gasteiger partial charge in [-0.15, -0.1) is 10.2 Å². The normalized spacial score (nSPS) is 16.1. The Kier molecular flexibility index (Phi) is 6.27. The molecule has 1 fully saturated rings. The van der Waals surface area contributed by atoms with Crippen LogP contribution in [0.15, 0.2) is 48.5 Å². The van der Waals surface area contributed by atoms with Gasteiger partial charge in [-0.05, 0) is 50.5 Å². The Morgan fingerprint density at radius 2 is 1.81 bits per heavy atom. The summed E-state index contributed by atoms with van der Waals surface area (Å²) in [6.07, 6.45) is 1.80. The Hall–Kier alpha value is -3.26. The number of anilines is 2. The van der Waals surface area contributed by atoms with Crippen LogP contribution in [0.2, 0.25) is 0 Å². The van der Waals surface area contributed by atoms with Crippen LogP contribution in [0.5, 0.6) is 0 Å². The predicted octanol–water partition coefficient (Wildman–Crippen LogP) is 4.82. The van der Waals surface area contributed by atoms with Crippen molar-refractivity contribution in [1.82, 2.24) is 15.1 Å². The summed E-state index contributed by atoms with van der Waals surface area (Å²) in [5, 5.41) is 15.3. The number of aromatic nitrogens is 2. The van der Waals surface area contributed by atoms with Crippen molar-refractivity contribution in [2.75, 3.05) is 23.7 Å². The molecule has 0 unspecified atom stereocenters. The van der Waals surface area contributed by atoms with Gasteiger partial charge in [-0.1, -0.05) is 47.2 Å². The molecule has 3 amide bonds. The lowest BCUT2D eigenvalue weighted by molar-refractivity contribution is 0.102. The fraction of sp³-hybridized carbons (Fsp3) is 0.304. The van der Waals surface area contributed by atoms with Crippen molar-refractivity contribution in [3.63, 3.8) is 0 Å². The number of amides is 3. The van der Waals surface area contributed by atoms with Crippen LogP contribution in [0.3, 0.4) is 0 Å². The Morgan fingerprint density at radius 3 is 2.58 bits per heavy atom. The fourth-order valence-electron chi connectivity index (χ4n) is 3.58. The Labute approximate surface area is 185 Å². The van der Waals surface area contributed by atoms with Crippen LogP contribution in [-0.4, -0.2) is 40.1 Å². The maximum atomic E-state index is 12.8. The summed E-state index contributed by atoms with van der Waals surface area (Å²) < 4.78 is 0. The molecular formula is C23H25N5O2S. The molecule has 0 bridgehead atoms. The number of rotatable bonds is 4. The lowest BCUT2D eigenvalue weighted by Gasteiger charge is -2.31. The van der Waals surface area contributed by atoms with Crippen molar-refractivity contribution in [3.8, 4) is 0 Å². The highest BCUT2D eigenvalue weighted by Crippen LogP contribution is 2.30. The number of benzene rings is 2. The molecule has 4 rings (SSSR count). The minimum absolute atomic E-state index is 0.0785. The van der Waals surface area contributed by atoms with Gasteiger partial charge in [-0.2, -0.15) is 0 Å². The molecule has 0 aliphatic carbocycles. The van der Waals surface area contributed by atoms with Crippen LogP contribution < -0.4 is 10.6 Å². The van der Waals surface area contributed by atoms with E-state index in [9.17, 15) is 9.59 Å². The van der Waals surface area contributed by atoms with E-state index < -0.39 is 0 Å². The third-order valence-electron chi connectivity index (χ3n) is 5.39. The third-order valence-corrected chi connectivity index (χ3v) is 6.47. The van der Waals surface area contributed by atoms with Crippen molar-refractivity contribution in [3.05, 3.63) is 69.7 Å². The van der Waals surface area contributed by atoms with Gasteiger partial charge in [0.05, 0.1) is 0 Å². The van der Waals surface area contributed by atoms with E-state index in [0.717, 1.165) is 40.4 Å². The second-order valence-corrected chi connectivity index (χ2v) is 8.80. The monoisotopic (exact) mass is 435 g/mol. The van der Waals surface area contributed by atoms with Crippen LogP contribution in [0.4, 0.5) is 16.2 Å². The summed E-state index contributed by atoms with van der Waals surface area (Å²) in [5.41, 5.74) is 3.70. The highest BCUT2D eigenvalue weighted by Gasteiger charge is 2.28. The van der Waals surface area contributed by atoms with E-state index in [1.54, 1.807) is 0 Å². The molecular weight excluding hydrogens is 410 g/mol. The second-order valence-electron chi connectivity index (χ2n) is 7.80. The molecule has 2 N–H and O–H groups in total. The summed E-state index contributed by atoms with van der Waals surface area (Å²) in [6, 6.07) is 15.2. The number of para-hydroxylation sites is 1. The topological polar surface area (TPSA) is 87.2 Å². The SMILES string of the molecule is Cc1ccc(NC(=O)c2nnc([C@H]3CCCN(C(=O)Nc4ccccc4C)C3)s2)cc1. The third kappa shape index (κ3) is 5.08. The van der Waals surface area contributed by atoms with Gasteiger partial charge in [0.25, 0.3) is 5.91 Å². The molecule has 0 spiro atoms. The van der Waals surface area contributed by atoms with Gasteiger partial charge in [0.2, 0.25) is 5.01 Å². The van der Waals surface area contributed by atoms with E-state index in [1.165, 1.54) is 11.3 Å². The number of nitrogens with one attached hydrogen (secondary N) is 2. The maximum absolute atomic E-state index is 12.8. The number of carbonyl (C=O) groups excluding carboxylic acids is 2. The number of hydrogen-bond acceptors (Lipinski definition) is 5. The van der Waals surface area contributed by atoms with Gasteiger partial charge in [0.15, 0.2) is 0 Å². The average Bonchev–Trinajstić information content (AvgIpc) is 3.28. The standard InChI is InChI=1S/C23H25N5O2S/c1-15-9-11-18(12-10-15)24-20(29)22-27-26-21(31-22)17-7-5-13-28(14-17)23(30)25-19-8-4-3-6-16(19)2/h3-4,6,8-12,17H,5,7,13-14H2,1-2H3,(H,24,29)(H,25,30)/t17-/m0/s1. The predicted molar refractivity (Wildman–Crippen MR) is 123 cm³/mol. The van der Waals surface area contributed by atoms with Gasteiger partial charge in [0, 0.05) is 30.4 Å². The van der Waals surface area contributed by atoms with E-state index in [1.807, 2.05) is 67.3 Å². The van der Waals surface area contributed by atoms with E-state index in [4.69, 9.17) is 0 Å². The van der Waals surface area contributed by atoms with Crippen molar-refractivity contribution in [2.45, 2.75) is 32.6 Å². The van der Waals surface area contributed by atoms with Crippen LogP contribution in [0.1, 0.15) is 44.7 Å². The first kappa shape index (κ1) is 21.0. The molecule has 0 saturated carbocycles. The van der Waals surface area contributed by atoms with Crippen molar-refractivity contribution in [2.24, 2.45) is 0 Å². The maximum Gasteiger partial charge on any atom is 0.321 e. The molecule has 7 nitrogen and oxygen atoms in total. The molecule has 0 radical (unpaired) electrons. The van der Waals surface area contributed by atoms with Crippen molar-refractivity contribution >= 4 is 34.6 Å². The summed E-state index contributed by atoms with van der Waals surface area (Å²) in [4.78, 5) is 27.1. The number of urea groups is 1. The van der Waals surface area contributed by atoms with Crippen LogP contribution in [0.25, 0.3) is 0 Å². The number of likely N-dealkylation sites (tertiary alicyclic amines) is 1. The summed E-state index contributed by atoms with van der Waals surface area (Å²) >= 11 is 1.30. The van der Waals surface area contributed by atoms with Gasteiger partial charge in [0.1, 0.15) is 5.01 Å². The largest absolute Gasteiger partial charge is 0.324 e. The minimum Gasteiger partial charge on any atom is -0.324 e. The highest BCUT2D eigenvalue weighted by molar-refractivity contribution is 7.13. The van der Waals surface area contributed by atoms with Crippen molar-refractivity contribution < 1.29 is 9.59 Å². The number of piperidine rings is 1. The Bertz CT molecular complexity index is 1080. The van der Waals surface area contributed by atoms with Gasteiger partial charge < -0.3 is 15.5 Å². The van der Waals surface area contributed by atoms with E-state index in [-0.39, 0.29) is 17.9 Å². The number of nitrogens with zero attached hydrogens (tertiary/aromatic N) is 3. The summed E-state index contributed by atoms with van der Waals surface area (Å²) in [7, 11) is 0. The summed E-state index contributed by atoms with van der Waals surface area (Å²) in [6.45, 7) is 5.23. The molecule has 3 aromatic rings. The average molecular weight is 436 g/mol. The molecule has 160 valence electrons. The second kappa shape index (κ2) is 9.26.